The van der Waals surface area contributed by atoms with Crippen molar-refractivity contribution in [3.63, 3.8) is 0 Å². The number of carboxylic acid groups (broad SMARTS) is 1. The molecule has 0 aliphatic rings. The third-order valence-electron chi connectivity index (χ3n) is 12.6. The minimum Gasteiger partial charge on any atom is -0.545 e. The largest absolute Gasteiger partial charge is 0.545 e. The molecule has 0 rings (SSSR count). The lowest BCUT2D eigenvalue weighted by Crippen LogP contribution is -2.44. The van der Waals surface area contributed by atoms with E-state index < -0.39 is 24.3 Å². The van der Waals surface area contributed by atoms with E-state index in [4.69, 9.17) is 18.9 Å². The predicted molar refractivity (Wildman–Crippen MR) is 288 cm³/mol. The lowest BCUT2D eigenvalue weighted by atomic mass is 10.0. The van der Waals surface area contributed by atoms with Crippen LogP contribution in [0.4, 0.5) is 0 Å². The number of hydrogen-bond acceptors (Lipinski definition) is 8. The average molecular weight is 973 g/mol. The molecule has 0 heterocycles. The van der Waals surface area contributed by atoms with Crippen LogP contribution >= 0.6 is 0 Å². The SMILES string of the molecule is CC/C=C\C/C=C\C/C=C\C/C=C\CCCCCCCCCCCCCCCCCCCCC(=O)OC(COC(=O)CCCCCCCCCCCCCCC)COC(OCC[N+](C)(C)C)C(=O)[O-]. The number of carbonyl (C=O) groups is 3. The number of quaternary nitrogens is 1. The van der Waals surface area contributed by atoms with Crippen LogP contribution in [0.3, 0.4) is 0 Å². The summed E-state index contributed by atoms with van der Waals surface area (Å²) in [6.45, 7) is 4.66. The normalized spacial score (nSPS) is 13.1. The van der Waals surface area contributed by atoms with Crippen molar-refractivity contribution < 1.29 is 42.9 Å². The summed E-state index contributed by atoms with van der Waals surface area (Å²) in [7, 11) is 5.92. The van der Waals surface area contributed by atoms with Gasteiger partial charge in [-0.25, -0.2) is 0 Å². The van der Waals surface area contributed by atoms with Gasteiger partial charge in [0.25, 0.3) is 0 Å². The summed E-state index contributed by atoms with van der Waals surface area (Å²) in [6, 6.07) is 0. The van der Waals surface area contributed by atoms with Crippen molar-refractivity contribution in [3.05, 3.63) is 48.6 Å². The Labute approximate surface area is 425 Å². The summed E-state index contributed by atoms with van der Waals surface area (Å²) in [6.07, 6.45) is 60.2. The molecule has 0 fully saturated rings. The van der Waals surface area contributed by atoms with Gasteiger partial charge < -0.3 is 33.3 Å². The molecule has 9 nitrogen and oxygen atoms in total. The molecule has 0 saturated heterocycles. The van der Waals surface area contributed by atoms with Crippen molar-refractivity contribution in [1.82, 2.24) is 0 Å². The average Bonchev–Trinajstić information content (AvgIpc) is 3.31. The van der Waals surface area contributed by atoms with Gasteiger partial charge in [-0.05, 0) is 51.4 Å². The minimum absolute atomic E-state index is 0.150. The zero-order valence-electron chi connectivity index (χ0n) is 45.7. The molecule has 0 aliphatic heterocycles. The number of carbonyl (C=O) groups excluding carboxylic acids is 3. The molecule has 0 aromatic carbocycles. The fraction of sp³-hybridized carbons (Fsp3) is 0.817. The Bertz CT molecular complexity index is 1270. The van der Waals surface area contributed by atoms with Gasteiger partial charge in [0.2, 0.25) is 0 Å². The van der Waals surface area contributed by atoms with E-state index in [1.165, 1.54) is 167 Å². The number of unbranched alkanes of at least 4 members (excludes halogenated alkanes) is 30. The number of rotatable bonds is 53. The molecule has 0 N–H and O–H groups in total. The second kappa shape index (κ2) is 51.6. The second-order valence-corrected chi connectivity index (χ2v) is 20.6. The summed E-state index contributed by atoms with van der Waals surface area (Å²) >= 11 is 0. The number of allylic oxidation sites excluding steroid dienone is 8. The van der Waals surface area contributed by atoms with Gasteiger partial charge in [-0.3, -0.25) is 9.59 Å². The third kappa shape index (κ3) is 52.9. The van der Waals surface area contributed by atoms with Gasteiger partial charge in [-0.2, -0.15) is 0 Å². The molecule has 0 aliphatic carbocycles. The van der Waals surface area contributed by atoms with Crippen molar-refractivity contribution in [2.24, 2.45) is 0 Å². The highest BCUT2D eigenvalue weighted by atomic mass is 16.7. The number of carboxylic acids is 1. The van der Waals surface area contributed by atoms with E-state index in [2.05, 4.69) is 62.5 Å². The third-order valence-corrected chi connectivity index (χ3v) is 12.6. The Hall–Kier alpha value is -2.75. The Balaban J connectivity index is 4.10. The summed E-state index contributed by atoms with van der Waals surface area (Å²) in [5.41, 5.74) is 0. The van der Waals surface area contributed by atoms with Gasteiger partial charge in [0.05, 0.1) is 40.3 Å². The summed E-state index contributed by atoms with van der Waals surface area (Å²) in [5, 5.41) is 11.7. The number of esters is 2. The molecule has 69 heavy (non-hydrogen) atoms. The topological polar surface area (TPSA) is 111 Å². The van der Waals surface area contributed by atoms with E-state index in [0.29, 0.717) is 23.9 Å². The Morgan fingerprint density at radius 3 is 1.23 bits per heavy atom. The van der Waals surface area contributed by atoms with Gasteiger partial charge in [0.15, 0.2) is 12.4 Å². The lowest BCUT2D eigenvalue weighted by molar-refractivity contribution is -0.870. The quantitative estimate of drug-likeness (QED) is 0.0195. The standard InChI is InChI=1S/C60H109NO8/c1-6-8-10-12-14-16-18-20-21-22-23-24-25-26-27-28-29-30-31-32-33-34-35-36-37-39-41-43-45-47-49-51-58(63)69-56(55-68-60(59(64)65)66-53-52-61(3,4)5)54-67-57(62)50-48-46-44-42-40-38-19-17-15-13-11-9-7-2/h8,10,14,16,20-21,23-24,56,60H,6-7,9,11-13,15,17-19,22,25-55H2,1-5H3/b10-8-,16-14-,21-20-,24-23-. The number of nitrogens with zero attached hydrogens (tertiary/aromatic N) is 1. The molecule has 0 radical (unpaired) electrons. The highest BCUT2D eigenvalue weighted by molar-refractivity contribution is 5.70. The molecule has 0 spiro atoms. The van der Waals surface area contributed by atoms with Gasteiger partial charge >= 0.3 is 11.9 Å². The molecule has 0 saturated carbocycles. The van der Waals surface area contributed by atoms with Crippen molar-refractivity contribution in [2.45, 2.75) is 270 Å². The van der Waals surface area contributed by atoms with Crippen LogP contribution in [-0.4, -0.2) is 82.3 Å². The number of likely N-dealkylation sites (N-methyl/N-ethyl adjacent to an activating group) is 1. The van der Waals surface area contributed by atoms with Gasteiger partial charge in [-0.1, -0.05) is 242 Å². The van der Waals surface area contributed by atoms with E-state index in [-0.39, 0.29) is 32.2 Å². The predicted octanol–water partition coefficient (Wildman–Crippen LogP) is 15.3. The molecule has 9 heteroatoms. The van der Waals surface area contributed by atoms with E-state index in [9.17, 15) is 19.5 Å². The maximum Gasteiger partial charge on any atom is 0.306 e. The highest BCUT2D eigenvalue weighted by Crippen LogP contribution is 2.17. The number of hydrogen-bond donors (Lipinski definition) is 0. The van der Waals surface area contributed by atoms with Crippen LogP contribution in [0, 0.1) is 0 Å². The molecular weight excluding hydrogens is 863 g/mol. The van der Waals surface area contributed by atoms with Crippen LogP contribution in [0.25, 0.3) is 0 Å². The first kappa shape index (κ1) is 66.2. The van der Waals surface area contributed by atoms with Gasteiger partial charge in [-0.15, -0.1) is 0 Å². The van der Waals surface area contributed by atoms with Crippen LogP contribution in [0.2, 0.25) is 0 Å². The van der Waals surface area contributed by atoms with Gasteiger partial charge in [0.1, 0.15) is 13.2 Å². The number of aliphatic carboxylic acids is 1. The van der Waals surface area contributed by atoms with Crippen LogP contribution in [0.1, 0.15) is 258 Å². The molecule has 2 unspecified atom stereocenters. The molecule has 402 valence electrons. The Kier molecular flexibility index (Phi) is 49.5. The van der Waals surface area contributed by atoms with Crippen LogP contribution in [0.5, 0.6) is 0 Å². The van der Waals surface area contributed by atoms with Crippen LogP contribution < -0.4 is 5.11 Å². The van der Waals surface area contributed by atoms with Crippen molar-refractivity contribution in [3.8, 4) is 0 Å². The summed E-state index contributed by atoms with van der Waals surface area (Å²) in [4.78, 5) is 37.2. The molecular formula is C60H109NO8. The van der Waals surface area contributed by atoms with Crippen molar-refractivity contribution in [1.29, 1.82) is 0 Å². The molecule has 0 bridgehead atoms. The van der Waals surface area contributed by atoms with Crippen LogP contribution in [0.15, 0.2) is 48.6 Å². The monoisotopic (exact) mass is 972 g/mol. The maximum absolute atomic E-state index is 12.8. The first-order valence-electron chi connectivity index (χ1n) is 28.8. The molecule has 0 aromatic heterocycles. The fourth-order valence-corrected chi connectivity index (χ4v) is 8.18. The first-order valence-corrected chi connectivity index (χ1v) is 28.8. The fourth-order valence-electron chi connectivity index (χ4n) is 8.18. The molecule has 2 atom stereocenters. The minimum atomic E-state index is -1.62. The highest BCUT2D eigenvalue weighted by Gasteiger charge is 2.22. The zero-order valence-corrected chi connectivity index (χ0v) is 45.7. The zero-order chi connectivity index (χ0) is 50.6. The Morgan fingerprint density at radius 1 is 0.449 bits per heavy atom. The Morgan fingerprint density at radius 2 is 0.826 bits per heavy atom. The van der Waals surface area contributed by atoms with Crippen molar-refractivity contribution >= 4 is 17.9 Å². The maximum atomic E-state index is 12.8. The molecule has 0 amide bonds. The van der Waals surface area contributed by atoms with E-state index >= 15 is 0 Å². The van der Waals surface area contributed by atoms with Crippen molar-refractivity contribution in [2.75, 3.05) is 47.5 Å². The molecule has 0 aromatic rings. The van der Waals surface area contributed by atoms with Crippen LogP contribution in [-0.2, 0) is 33.3 Å². The van der Waals surface area contributed by atoms with E-state index in [1.54, 1.807) is 0 Å². The lowest BCUT2D eigenvalue weighted by Gasteiger charge is -2.26. The smallest absolute Gasteiger partial charge is 0.306 e. The summed E-state index contributed by atoms with van der Waals surface area (Å²) < 4.78 is 22.7. The van der Waals surface area contributed by atoms with E-state index in [0.717, 1.165) is 57.8 Å². The summed E-state index contributed by atoms with van der Waals surface area (Å²) in [5.74, 6) is -2.27. The van der Waals surface area contributed by atoms with Gasteiger partial charge in [0, 0.05) is 12.8 Å². The second-order valence-electron chi connectivity index (χ2n) is 20.6. The number of ether oxygens (including phenoxy) is 4. The first-order chi connectivity index (χ1) is 33.6. The van der Waals surface area contributed by atoms with E-state index in [1.807, 2.05) is 21.1 Å².